The van der Waals surface area contributed by atoms with E-state index in [1.165, 1.54) is 6.07 Å². The van der Waals surface area contributed by atoms with E-state index in [1.54, 1.807) is 16.8 Å². The molecule has 6 nitrogen and oxygen atoms in total. The van der Waals surface area contributed by atoms with E-state index < -0.39 is 5.97 Å². The van der Waals surface area contributed by atoms with Crippen LogP contribution in [0.4, 0.5) is 0 Å². The Balaban J connectivity index is 1.99. The van der Waals surface area contributed by atoms with Gasteiger partial charge in [0.2, 0.25) is 0 Å². The van der Waals surface area contributed by atoms with E-state index in [-0.39, 0.29) is 11.2 Å². The second-order valence-corrected chi connectivity index (χ2v) is 5.16. The van der Waals surface area contributed by atoms with Crippen molar-refractivity contribution in [2.24, 2.45) is 0 Å². The minimum Gasteiger partial charge on any atom is -0.478 e. The van der Waals surface area contributed by atoms with Crippen LogP contribution in [0.1, 0.15) is 30.1 Å². The lowest BCUT2D eigenvalue weighted by Crippen LogP contribution is -2.30. The number of nitrogens with zero attached hydrogens (tertiary/aromatic N) is 3. The van der Waals surface area contributed by atoms with Crippen LogP contribution in [0.15, 0.2) is 18.2 Å². The molecule has 6 heteroatoms. The number of carbonyl (C=O) groups is 1. The number of benzene rings is 1. The summed E-state index contributed by atoms with van der Waals surface area (Å²) in [7, 11) is 0. The van der Waals surface area contributed by atoms with E-state index >= 15 is 0 Å². The minimum absolute atomic E-state index is 0.236. The summed E-state index contributed by atoms with van der Waals surface area (Å²) in [6, 6.07) is 4.83. The monoisotopic (exact) mass is 261 g/mol. The van der Waals surface area contributed by atoms with Gasteiger partial charge in [-0.1, -0.05) is 5.21 Å². The van der Waals surface area contributed by atoms with Gasteiger partial charge in [-0.05, 0) is 38.0 Å². The van der Waals surface area contributed by atoms with Crippen LogP contribution in [-0.2, 0) is 11.3 Å². The third-order valence-electron chi connectivity index (χ3n) is 3.55. The van der Waals surface area contributed by atoms with E-state index in [9.17, 15) is 4.79 Å². The zero-order valence-electron chi connectivity index (χ0n) is 10.7. The predicted octanol–water partition coefficient (Wildman–Crippen LogP) is 1.70. The lowest BCUT2D eigenvalue weighted by Gasteiger charge is -2.22. The van der Waals surface area contributed by atoms with E-state index in [1.807, 2.05) is 0 Å². The number of carboxylic acids is 1. The van der Waals surface area contributed by atoms with Gasteiger partial charge < -0.3 is 9.84 Å². The number of carboxylic acid groups (broad SMARTS) is 1. The van der Waals surface area contributed by atoms with Crippen LogP contribution in [0.2, 0.25) is 0 Å². The molecule has 2 aromatic rings. The number of hydrogen-bond acceptors (Lipinski definition) is 4. The Hall–Kier alpha value is -1.95. The second-order valence-electron chi connectivity index (χ2n) is 5.16. The van der Waals surface area contributed by atoms with Gasteiger partial charge in [0.25, 0.3) is 0 Å². The summed E-state index contributed by atoms with van der Waals surface area (Å²) in [5.74, 6) is -0.946. The van der Waals surface area contributed by atoms with Gasteiger partial charge in [0.1, 0.15) is 5.52 Å². The van der Waals surface area contributed by atoms with Gasteiger partial charge >= 0.3 is 5.97 Å². The zero-order chi connectivity index (χ0) is 13.5. The smallest absolute Gasteiger partial charge is 0.335 e. The van der Waals surface area contributed by atoms with Crippen LogP contribution in [0.25, 0.3) is 11.0 Å². The first-order valence-corrected chi connectivity index (χ1v) is 6.28. The topological polar surface area (TPSA) is 77.2 Å². The van der Waals surface area contributed by atoms with Crippen molar-refractivity contribution in [1.82, 2.24) is 15.0 Å². The van der Waals surface area contributed by atoms with Crippen LogP contribution in [0.3, 0.4) is 0 Å². The highest BCUT2D eigenvalue weighted by atomic mass is 16.5. The predicted molar refractivity (Wildman–Crippen MR) is 68.1 cm³/mol. The molecule has 0 radical (unpaired) electrons. The molecule has 0 bridgehead atoms. The first-order valence-electron chi connectivity index (χ1n) is 6.28. The SMILES string of the molecule is CC1(Cn2nnc3ccc(C(=O)O)cc32)CCCO1. The van der Waals surface area contributed by atoms with Crippen molar-refractivity contribution in [3.05, 3.63) is 23.8 Å². The number of fused-ring (bicyclic) bond motifs is 1. The van der Waals surface area contributed by atoms with Gasteiger partial charge in [-0.3, -0.25) is 0 Å². The van der Waals surface area contributed by atoms with E-state index in [4.69, 9.17) is 9.84 Å². The lowest BCUT2D eigenvalue weighted by molar-refractivity contribution is 0.00416. The van der Waals surface area contributed by atoms with Gasteiger partial charge in [0.05, 0.1) is 23.2 Å². The Bertz CT molecular complexity index is 629. The number of hydrogen-bond donors (Lipinski definition) is 1. The first-order chi connectivity index (χ1) is 9.07. The minimum atomic E-state index is -0.946. The molecule has 1 aromatic heterocycles. The summed E-state index contributed by atoms with van der Waals surface area (Å²) in [5, 5.41) is 17.2. The van der Waals surface area contributed by atoms with Crippen LogP contribution in [0, 0.1) is 0 Å². The molecule has 1 aromatic carbocycles. The Morgan fingerprint density at radius 2 is 2.42 bits per heavy atom. The van der Waals surface area contributed by atoms with Crippen LogP contribution in [0.5, 0.6) is 0 Å². The summed E-state index contributed by atoms with van der Waals surface area (Å²) in [4.78, 5) is 11.0. The molecule has 1 unspecified atom stereocenters. The maximum absolute atomic E-state index is 11.0. The van der Waals surface area contributed by atoms with E-state index in [2.05, 4.69) is 17.2 Å². The maximum Gasteiger partial charge on any atom is 0.335 e. The van der Waals surface area contributed by atoms with Gasteiger partial charge in [-0.25, -0.2) is 9.48 Å². The molecule has 2 heterocycles. The molecule has 1 atom stereocenters. The molecule has 0 spiro atoms. The highest BCUT2D eigenvalue weighted by Gasteiger charge is 2.31. The van der Waals surface area contributed by atoms with Crippen molar-refractivity contribution in [3.63, 3.8) is 0 Å². The molecule has 1 fully saturated rings. The summed E-state index contributed by atoms with van der Waals surface area (Å²) < 4.78 is 7.46. The molecular formula is C13H15N3O3. The Kier molecular flexibility index (Phi) is 2.74. The number of aromatic nitrogens is 3. The Morgan fingerprint density at radius 3 is 3.11 bits per heavy atom. The lowest BCUT2D eigenvalue weighted by atomic mass is 10.0. The van der Waals surface area contributed by atoms with Gasteiger partial charge in [0, 0.05) is 6.61 Å². The molecule has 1 aliphatic rings. The van der Waals surface area contributed by atoms with Crippen LogP contribution >= 0.6 is 0 Å². The number of aromatic carboxylic acids is 1. The average Bonchev–Trinajstić information content (AvgIpc) is 2.97. The molecule has 1 N–H and O–H groups in total. The number of ether oxygens (including phenoxy) is 1. The highest BCUT2D eigenvalue weighted by Crippen LogP contribution is 2.27. The molecule has 3 rings (SSSR count). The Labute approximate surface area is 110 Å². The molecule has 1 aliphatic heterocycles. The molecule has 19 heavy (non-hydrogen) atoms. The third-order valence-corrected chi connectivity index (χ3v) is 3.55. The van der Waals surface area contributed by atoms with E-state index in [0.29, 0.717) is 12.1 Å². The quantitative estimate of drug-likeness (QED) is 0.909. The van der Waals surface area contributed by atoms with Crippen molar-refractivity contribution in [3.8, 4) is 0 Å². The summed E-state index contributed by atoms with van der Waals surface area (Å²) in [5.41, 5.74) is 1.44. The van der Waals surface area contributed by atoms with Crippen LogP contribution < -0.4 is 0 Å². The van der Waals surface area contributed by atoms with Crippen molar-refractivity contribution < 1.29 is 14.6 Å². The standard InChI is InChI=1S/C13H15N3O3/c1-13(5-2-6-19-13)8-16-11-7-9(12(17)18)3-4-10(11)14-15-16/h3-4,7H,2,5-6,8H2,1H3,(H,17,18). The molecular weight excluding hydrogens is 246 g/mol. The van der Waals surface area contributed by atoms with Gasteiger partial charge in [-0.2, -0.15) is 0 Å². The summed E-state index contributed by atoms with van der Waals surface area (Å²) in [6.45, 7) is 3.41. The summed E-state index contributed by atoms with van der Waals surface area (Å²) in [6.07, 6.45) is 2.02. The van der Waals surface area contributed by atoms with Crippen LogP contribution in [-0.4, -0.2) is 38.3 Å². The normalized spacial score (nSPS) is 23.0. The van der Waals surface area contributed by atoms with Crippen molar-refractivity contribution >= 4 is 17.0 Å². The first kappa shape index (κ1) is 12.1. The van der Waals surface area contributed by atoms with Crippen molar-refractivity contribution in [2.45, 2.75) is 31.9 Å². The molecule has 0 amide bonds. The molecule has 0 aliphatic carbocycles. The molecule has 1 saturated heterocycles. The van der Waals surface area contributed by atoms with Crippen molar-refractivity contribution in [2.75, 3.05) is 6.61 Å². The average molecular weight is 261 g/mol. The maximum atomic E-state index is 11.0. The summed E-state index contributed by atoms with van der Waals surface area (Å²) >= 11 is 0. The zero-order valence-corrected chi connectivity index (χ0v) is 10.7. The fourth-order valence-electron chi connectivity index (χ4n) is 2.49. The number of rotatable bonds is 3. The van der Waals surface area contributed by atoms with Crippen molar-refractivity contribution in [1.29, 1.82) is 0 Å². The third kappa shape index (κ3) is 2.19. The fourth-order valence-corrected chi connectivity index (χ4v) is 2.49. The van der Waals surface area contributed by atoms with E-state index in [0.717, 1.165) is 25.0 Å². The largest absolute Gasteiger partial charge is 0.478 e. The Morgan fingerprint density at radius 1 is 1.58 bits per heavy atom. The van der Waals surface area contributed by atoms with Gasteiger partial charge in [-0.15, -0.1) is 5.10 Å². The fraction of sp³-hybridized carbons (Fsp3) is 0.462. The highest BCUT2D eigenvalue weighted by molar-refractivity contribution is 5.92. The second kappa shape index (κ2) is 4.31. The molecule has 0 saturated carbocycles. The van der Waals surface area contributed by atoms with Gasteiger partial charge in [0.15, 0.2) is 0 Å². The molecule has 100 valence electrons.